The number of nitrogens with two attached hydrogens (primary N) is 2. The van der Waals surface area contributed by atoms with Gasteiger partial charge in [-0.3, -0.25) is 0 Å². The summed E-state index contributed by atoms with van der Waals surface area (Å²) in [6.07, 6.45) is 3.40. The second kappa shape index (κ2) is 5.24. The van der Waals surface area contributed by atoms with Crippen molar-refractivity contribution in [3.8, 4) is 0 Å². The molecule has 1 aliphatic heterocycles. The molecule has 6 heteroatoms. The molecule has 0 aromatic carbocycles. The monoisotopic (exact) mass is 270 g/mol. The summed E-state index contributed by atoms with van der Waals surface area (Å²) in [6, 6.07) is 7.70. The van der Waals surface area contributed by atoms with E-state index >= 15 is 0 Å². The maximum absolute atomic E-state index is 5.66. The van der Waals surface area contributed by atoms with E-state index in [0.717, 1.165) is 37.8 Å². The molecule has 0 atom stereocenters. The fraction of sp³-hybridized carbons (Fsp3) is 0.286. The van der Waals surface area contributed by atoms with Crippen molar-refractivity contribution in [2.24, 2.45) is 0 Å². The third-order valence-electron chi connectivity index (χ3n) is 3.47. The first-order chi connectivity index (χ1) is 9.72. The minimum absolute atomic E-state index is 0.693. The Hall–Kier alpha value is -2.50. The van der Waals surface area contributed by atoms with Crippen LogP contribution in [0.2, 0.25) is 0 Å². The van der Waals surface area contributed by atoms with Gasteiger partial charge in [0, 0.05) is 26.2 Å². The Kier molecular flexibility index (Phi) is 3.28. The molecule has 0 amide bonds. The van der Waals surface area contributed by atoms with E-state index in [0.29, 0.717) is 11.4 Å². The van der Waals surface area contributed by atoms with Gasteiger partial charge in [0.2, 0.25) is 0 Å². The third-order valence-corrected chi connectivity index (χ3v) is 3.47. The lowest BCUT2D eigenvalue weighted by Crippen LogP contribution is -2.47. The van der Waals surface area contributed by atoms with Crippen LogP contribution in [0.15, 0.2) is 36.7 Å². The normalized spacial score (nSPS) is 15.4. The fourth-order valence-corrected chi connectivity index (χ4v) is 2.33. The van der Waals surface area contributed by atoms with E-state index in [9.17, 15) is 0 Å². The molecule has 2 aromatic rings. The van der Waals surface area contributed by atoms with Gasteiger partial charge in [-0.15, -0.1) is 0 Å². The van der Waals surface area contributed by atoms with E-state index in [2.05, 4.69) is 19.8 Å². The van der Waals surface area contributed by atoms with Crippen molar-refractivity contribution in [3.63, 3.8) is 0 Å². The van der Waals surface area contributed by atoms with E-state index < -0.39 is 0 Å². The Labute approximate surface area is 118 Å². The fourth-order valence-electron chi connectivity index (χ4n) is 2.33. The summed E-state index contributed by atoms with van der Waals surface area (Å²) >= 11 is 0. The standard InChI is InChI=1S/C14H18N6/c15-11-1-3-13(17-9-11)19-5-7-20(8-6-19)14-4-2-12(16)10-18-14/h1-4,9-10H,5-8,15-16H2. The predicted octanol–water partition coefficient (Wildman–Crippen LogP) is 0.968. The van der Waals surface area contributed by atoms with Crippen molar-refractivity contribution >= 4 is 23.0 Å². The highest BCUT2D eigenvalue weighted by Crippen LogP contribution is 2.18. The van der Waals surface area contributed by atoms with Crippen LogP contribution >= 0.6 is 0 Å². The van der Waals surface area contributed by atoms with Crippen molar-refractivity contribution in [2.75, 3.05) is 47.4 Å². The average Bonchev–Trinajstić information content (AvgIpc) is 2.49. The first-order valence-electron chi connectivity index (χ1n) is 6.65. The van der Waals surface area contributed by atoms with Gasteiger partial charge in [0.05, 0.1) is 23.8 Å². The summed E-state index contributed by atoms with van der Waals surface area (Å²) in [6.45, 7) is 3.68. The molecule has 3 rings (SSSR count). The molecule has 0 bridgehead atoms. The van der Waals surface area contributed by atoms with Crippen LogP contribution in [0.25, 0.3) is 0 Å². The van der Waals surface area contributed by atoms with Crippen molar-refractivity contribution in [3.05, 3.63) is 36.7 Å². The first-order valence-corrected chi connectivity index (χ1v) is 6.65. The number of anilines is 4. The minimum Gasteiger partial charge on any atom is -0.397 e. The van der Waals surface area contributed by atoms with E-state index in [1.807, 2.05) is 24.3 Å². The largest absolute Gasteiger partial charge is 0.397 e. The van der Waals surface area contributed by atoms with Crippen LogP contribution in [0, 0.1) is 0 Å². The van der Waals surface area contributed by atoms with E-state index in [1.165, 1.54) is 0 Å². The molecule has 3 heterocycles. The summed E-state index contributed by atoms with van der Waals surface area (Å²) in [5.41, 5.74) is 12.7. The summed E-state index contributed by atoms with van der Waals surface area (Å²) in [7, 11) is 0. The van der Waals surface area contributed by atoms with E-state index in [4.69, 9.17) is 11.5 Å². The number of hydrogen-bond acceptors (Lipinski definition) is 6. The zero-order valence-corrected chi connectivity index (χ0v) is 11.2. The van der Waals surface area contributed by atoms with Crippen LogP contribution in [0.5, 0.6) is 0 Å². The maximum Gasteiger partial charge on any atom is 0.128 e. The Bertz CT molecular complexity index is 504. The molecule has 4 N–H and O–H groups in total. The molecular weight excluding hydrogens is 252 g/mol. The molecular formula is C14H18N6. The number of nitrogens with zero attached hydrogens (tertiary/aromatic N) is 4. The second-order valence-corrected chi connectivity index (χ2v) is 4.87. The van der Waals surface area contributed by atoms with Crippen LogP contribution in [-0.4, -0.2) is 36.1 Å². The van der Waals surface area contributed by atoms with Gasteiger partial charge in [0.1, 0.15) is 11.6 Å². The topological polar surface area (TPSA) is 84.3 Å². The molecule has 0 aliphatic carbocycles. The highest BCUT2D eigenvalue weighted by atomic mass is 15.3. The molecule has 0 radical (unpaired) electrons. The van der Waals surface area contributed by atoms with Gasteiger partial charge in [-0.1, -0.05) is 0 Å². The van der Waals surface area contributed by atoms with Crippen LogP contribution < -0.4 is 21.3 Å². The summed E-state index contributed by atoms with van der Waals surface area (Å²) in [4.78, 5) is 13.2. The number of nitrogen functional groups attached to an aromatic ring is 2. The molecule has 0 unspecified atom stereocenters. The zero-order valence-electron chi connectivity index (χ0n) is 11.2. The van der Waals surface area contributed by atoms with E-state index in [1.54, 1.807) is 12.4 Å². The Morgan fingerprint density at radius 3 is 1.40 bits per heavy atom. The van der Waals surface area contributed by atoms with Gasteiger partial charge in [-0.05, 0) is 24.3 Å². The summed E-state index contributed by atoms with van der Waals surface area (Å²) < 4.78 is 0. The van der Waals surface area contributed by atoms with Crippen LogP contribution in [0.1, 0.15) is 0 Å². The average molecular weight is 270 g/mol. The summed E-state index contributed by atoms with van der Waals surface area (Å²) in [5.74, 6) is 1.95. The molecule has 0 spiro atoms. The minimum atomic E-state index is 0.693. The lowest BCUT2D eigenvalue weighted by Gasteiger charge is -2.36. The number of piperazine rings is 1. The summed E-state index contributed by atoms with van der Waals surface area (Å²) in [5, 5.41) is 0. The molecule has 20 heavy (non-hydrogen) atoms. The maximum atomic E-state index is 5.66. The van der Waals surface area contributed by atoms with Gasteiger partial charge in [0.15, 0.2) is 0 Å². The Morgan fingerprint density at radius 1 is 0.700 bits per heavy atom. The number of rotatable bonds is 2. The smallest absolute Gasteiger partial charge is 0.128 e. The lowest BCUT2D eigenvalue weighted by atomic mass is 10.3. The third kappa shape index (κ3) is 2.59. The number of aromatic nitrogens is 2. The van der Waals surface area contributed by atoms with Crippen molar-refractivity contribution in [1.29, 1.82) is 0 Å². The van der Waals surface area contributed by atoms with Gasteiger partial charge >= 0.3 is 0 Å². The molecule has 1 fully saturated rings. The van der Waals surface area contributed by atoms with Crippen LogP contribution in [0.4, 0.5) is 23.0 Å². The molecule has 1 aliphatic rings. The highest BCUT2D eigenvalue weighted by Gasteiger charge is 2.18. The van der Waals surface area contributed by atoms with Crippen molar-refractivity contribution in [2.45, 2.75) is 0 Å². The van der Waals surface area contributed by atoms with Gasteiger partial charge in [-0.25, -0.2) is 9.97 Å². The lowest BCUT2D eigenvalue weighted by molar-refractivity contribution is 0.642. The highest BCUT2D eigenvalue weighted by molar-refractivity contribution is 5.50. The molecule has 1 saturated heterocycles. The Balaban J connectivity index is 1.64. The second-order valence-electron chi connectivity index (χ2n) is 4.87. The van der Waals surface area contributed by atoms with Crippen LogP contribution in [0.3, 0.4) is 0 Å². The number of hydrogen-bond donors (Lipinski definition) is 2. The number of pyridine rings is 2. The van der Waals surface area contributed by atoms with Crippen molar-refractivity contribution < 1.29 is 0 Å². The van der Waals surface area contributed by atoms with Crippen LogP contribution in [-0.2, 0) is 0 Å². The van der Waals surface area contributed by atoms with Crippen molar-refractivity contribution in [1.82, 2.24) is 9.97 Å². The quantitative estimate of drug-likeness (QED) is 0.846. The zero-order chi connectivity index (χ0) is 13.9. The Morgan fingerprint density at radius 2 is 1.10 bits per heavy atom. The molecule has 2 aromatic heterocycles. The molecule has 0 saturated carbocycles. The predicted molar refractivity (Wildman–Crippen MR) is 81.7 cm³/mol. The van der Waals surface area contributed by atoms with Gasteiger partial charge in [0.25, 0.3) is 0 Å². The SMILES string of the molecule is Nc1ccc(N2CCN(c3ccc(N)cn3)CC2)nc1. The van der Waals surface area contributed by atoms with Gasteiger partial charge in [-0.2, -0.15) is 0 Å². The molecule has 104 valence electrons. The first kappa shape index (κ1) is 12.5. The van der Waals surface area contributed by atoms with E-state index in [-0.39, 0.29) is 0 Å². The molecule has 6 nitrogen and oxygen atoms in total. The van der Waals surface area contributed by atoms with Gasteiger partial charge < -0.3 is 21.3 Å².